The van der Waals surface area contributed by atoms with E-state index in [9.17, 15) is 0 Å². The summed E-state index contributed by atoms with van der Waals surface area (Å²) in [6, 6.07) is 0. The third-order valence-electron chi connectivity index (χ3n) is 2.92. The summed E-state index contributed by atoms with van der Waals surface area (Å²) in [5.41, 5.74) is 5.97. The standard InChI is InChI=1S/C13H31N3/c1-6-15(7-2)10-9-11-16(8-3)12-13(4,5)14/h6-12,14H2,1-5H3. The Morgan fingerprint density at radius 3 is 1.69 bits per heavy atom. The van der Waals surface area contributed by atoms with E-state index in [0.717, 1.165) is 32.7 Å². The van der Waals surface area contributed by atoms with Crippen molar-refractivity contribution >= 4 is 0 Å². The van der Waals surface area contributed by atoms with Gasteiger partial charge in [-0.3, -0.25) is 0 Å². The van der Waals surface area contributed by atoms with E-state index in [1.165, 1.54) is 13.0 Å². The molecule has 0 aromatic carbocycles. The van der Waals surface area contributed by atoms with E-state index >= 15 is 0 Å². The highest BCUT2D eigenvalue weighted by atomic mass is 15.2. The van der Waals surface area contributed by atoms with Crippen LogP contribution in [0.5, 0.6) is 0 Å². The zero-order valence-electron chi connectivity index (χ0n) is 11.9. The highest BCUT2D eigenvalue weighted by molar-refractivity contribution is 4.76. The highest BCUT2D eigenvalue weighted by Crippen LogP contribution is 2.03. The molecule has 0 atom stereocenters. The Hall–Kier alpha value is -0.120. The number of nitrogens with zero attached hydrogens (tertiary/aromatic N) is 2. The molecule has 0 amide bonds. The van der Waals surface area contributed by atoms with Gasteiger partial charge in [-0.05, 0) is 53.0 Å². The lowest BCUT2D eigenvalue weighted by molar-refractivity contribution is 0.213. The summed E-state index contributed by atoms with van der Waals surface area (Å²) in [7, 11) is 0. The van der Waals surface area contributed by atoms with Gasteiger partial charge in [0, 0.05) is 12.1 Å². The molecule has 0 aromatic rings. The first kappa shape index (κ1) is 15.9. The molecule has 0 radical (unpaired) electrons. The van der Waals surface area contributed by atoms with E-state index in [2.05, 4.69) is 44.4 Å². The van der Waals surface area contributed by atoms with E-state index < -0.39 is 0 Å². The molecule has 0 bridgehead atoms. The van der Waals surface area contributed by atoms with Crippen LogP contribution >= 0.6 is 0 Å². The monoisotopic (exact) mass is 229 g/mol. The van der Waals surface area contributed by atoms with E-state index in [-0.39, 0.29) is 5.54 Å². The second-order valence-corrected chi connectivity index (χ2v) is 5.24. The number of hydrogen-bond donors (Lipinski definition) is 1. The minimum absolute atomic E-state index is 0.0782. The van der Waals surface area contributed by atoms with Gasteiger partial charge >= 0.3 is 0 Å². The average Bonchev–Trinajstić information content (AvgIpc) is 2.21. The van der Waals surface area contributed by atoms with Gasteiger partial charge in [0.15, 0.2) is 0 Å². The summed E-state index contributed by atoms with van der Waals surface area (Å²) < 4.78 is 0. The van der Waals surface area contributed by atoms with Gasteiger partial charge in [-0.1, -0.05) is 20.8 Å². The quantitative estimate of drug-likeness (QED) is 0.654. The van der Waals surface area contributed by atoms with E-state index in [4.69, 9.17) is 5.73 Å². The molecule has 98 valence electrons. The van der Waals surface area contributed by atoms with Crippen molar-refractivity contribution in [2.75, 3.05) is 39.3 Å². The maximum Gasteiger partial charge on any atom is 0.0226 e. The van der Waals surface area contributed by atoms with Crippen LogP contribution < -0.4 is 5.73 Å². The summed E-state index contributed by atoms with van der Waals surface area (Å²) in [6.45, 7) is 17.6. The summed E-state index contributed by atoms with van der Waals surface area (Å²) in [4.78, 5) is 4.92. The lowest BCUT2D eigenvalue weighted by atomic mass is 10.1. The van der Waals surface area contributed by atoms with Gasteiger partial charge in [-0.2, -0.15) is 0 Å². The Balaban J connectivity index is 3.79. The first-order valence-corrected chi connectivity index (χ1v) is 6.66. The molecule has 0 saturated carbocycles. The number of nitrogens with two attached hydrogens (primary N) is 1. The molecule has 3 nitrogen and oxygen atoms in total. The molecule has 0 aliphatic rings. The topological polar surface area (TPSA) is 32.5 Å². The Morgan fingerprint density at radius 2 is 1.31 bits per heavy atom. The van der Waals surface area contributed by atoms with Crippen molar-refractivity contribution in [3.05, 3.63) is 0 Å². The van der Waals surface area contributed by atoms with Gasteiger partial charge in [0.25, 0.3) is 0 Å². The van der Waals surface area contributed by atoms with Crippen molar-refractivity contribution in [2.45, 2.75) is 46.6 Å². The van der Waals surface area contributed by atoms with Gasteiger partial charge < -0.3 is 15.5 Å². The fourth-order valence-electron chi connectivity index (χ4n) is 1.98. The molecule has 16 heavy (non-hydrogen) atoms. The predicted octanol–water partition coefficient (Wildman–Crippen LogP) is 1.78. The van der Waals surface area contributed by atoms with Gasteiger partial charge in [0.05, 0.1) is 0 Å². The van der Waals surface area contributed by atoms with Crippen molar-refractivity contribution in [3.8, 4) is 0 Å². The van der Waals surface area contributed by atoms with Crippen molar-refractivity contribution in [1.29, 1.82) is 0 Å². The summed E-state index contributed by atoms with van der Waals surface area (Å²) >= 11 is 0. The van der Waals surface area contributed by atoms with Crippen LogP contribution in [-0.4, -0.2) is 54.6 Å². The second-order valence-electron chi connectivity index (χ2n) is 5.24. The molecular formula is C13H31N3. The highest BCUT2D eigenvalue weighted by Gasteiger charge is 2.15. The molecule has 0 spiro atoms. The summed E-state index contributed by atoms with van der Waals surface area (Å²) in [6.07, 6.45) is 1.24. The lowest BCUT2D eigenvalue weighted by Gasteiger charge is -2.29. The minimum Gasteiger partial charge on any atom is -0.324 e. The molecule has 0 aliphatic heterocycles. The lowest BCUT2D eigenvalue weighted by Crippen LogP contribution is -2.46. The number of hydrogen-bond acceptors (Lipinski definition) is 3. The van der Waals surface area contributed by atoms with Crippen molar-refractivity contribution in [3.63, 3.8) is 0 Å². The number of likely N-dealkylation sites (N-methyl/N-ethyl adjacent to an activating group) is 1. The Bertz CT molecular complexity index is 159. The third kappa shape index (κ3) is 8.08. The maximum atomic E-state index is 6.04. The Morgan fingerprint density at radius 1 is 0.875 bits per heavy atom. The number of rotatable bonds is 9. The largest absolute Gasteiger partial charge is 0.324 e. The zero-order valence-corrected chi connectivity index (χ0v) is 11.9. The smallest absolute Gasteiger partial charge is 0.0226 e. The molecule has 0 saturated heterocycles. The predicted molar refractivity (Wildman–Crippen MR) is 72.8 cm³/mol. The van der Waals surface area contributed by atoms with Crippen LogP contribution in [0.2, 0.25) is 0 Å². The van der Waals surface area contributed by atoms with E-state index in [1.807, 2.05) is 0 Å². The van der Waals surface area contributed by atoms with Crippen molar-refractivity contribution in [2.24, 2.45) is 5.73 Å². The molecule has 2 N–H and O–H groups in total. The molecule has 0 fully saturated rings. The van der Waals surface area contributed by atoms with Crippen LogP contribution in [0.15, 0.2) is 0 Å². The van der Waals surface area contributed by atoms with E-state index in [1.54, 1.807) is 0 Å². The molecular weight excluding hydrogens is 198 g/mol. The van der Waals surface area contributed by atoms with Crippen LogP contribution in [-0.2, 0) is 0 Å². The van der Waals surface area contributed by atoms with Crippen LogP contribution in [0.25, 0.3) is 0 Å². The zero-order chi connectivity index (χ0) is 12.6. The van der Waals surface area contributed by atoms with Gasteiger partial charge in [0.1, 0.15) is 0 Å². The summed E-state index contributed by atoms with van der Waals surface area (Å²) in [5.74, 6) is 0. The Kier molecular flexibility index (Phi) is 7.98. The second kappa shape index (κ2) is 8.04. The normalized spacial score (nSPS) is 12.8. The molecule has 0 rings (SSSR count). The first-order valence-electron chi connectivity index (χ1n) is 6.66. The minimum atomic E-state index is -0.0782. The SMILES string of the molecule is CCN(CC)CCCN(CC)CC(C)(C)N. The molecule has 0 unspecified atom stereocenters. The van der Waals surface area contributed by atoms with Crippen molar-refractivity contribution in [1.82, 2.24) is 9.80 Å². The van der Waals surface area contributed by atoms with Gasteiger partial charge in [-0.15, -0.1) is 0 Å². The molecule has 0 heterocycles. The first-order chi connectivity index (χ1) is 7.42. The van der Waals surface area contributed by atoms with Crippen LogP contribution in [0, 0.1) is 0 Å². The van der Waals surface area contributed by atoms with Crippen LogP contribution in [0.3, 0.4) is 0 Å². The summed E-state index contributed by atoms with van der Waals surface area (Å²) in [5, 5.41) is 0. The molecule has 0 aromatic heterocycles. The van der Waals surface area contributed by atoms with Crippen molar-refractivity contribution < 1.29 is 0 Å². The fourth-order valence-corrected chi connectivity index (χ4v) is 1.98. The van der Waals surface area contributed by atoms with Gasteiger partial charge in [-0.25, -0.2) is 0 Å². The van der Waals surface area contributed by atoms with E-state index in [0.29, 0.717) is 0 Å². The average molecular weight is 229 g/mol. The van der Waals surface area contributed by atoms with Crippen LogP contribution in [0.4, 0.5) is 0 Å². The Labute approximate surface area is 102 Å². The van der Waals surface area contributed by atoms with Crippen LogP contribution in [0.1, 0.15) is 41.0 Å². The molecule has 3 heteroatoms. The third-order valence-corrected chi connectivity index (χ3v) is 2.92. The molecule has 0 aliphatic carbocycles. The van der Waals surface area contributed by atoms with Gasteiger partial charge in [0.2, 0.25) is 0 Å². The fraction of sp³-hybridized carbons (Fsp3) is 1.00. The maximum absolute atomic E-state index is 6.04.